The summed E-state index contributed by atoms with van der Waals surface area (Å²) in [6.45, 7) is 2.61. The van der Waals surface area contributed by atoms with Gasteiger partial charge >= 0.3 is 5.97 Å². The van der Waals surface area contributed by atoms with E-state index in [0.717, 1.165) is 38.0 Å². The van der Waals surface area contributed by atoms with Crippen LogP contribution in [-0.4, -0.2) is 64.9 Å². The van der Waals surface area contributed by atoms with Gasteiger partial charge in [-0.2, -0.15) is 0 Å². The molecule has 3 aliphatic heterocycles. The lowest BCUT2D eigenvalue weighted by molar-refractivity contribution is -0.167. The van der Waals surface area contributed by atoms with Crippen molar-refractivity contribution in [1.82, 2.24) is 4.90 Å². The third kappa shape index (κ3) is 4.62. The summed E-state index contributed by atoms with van der Waals surface area (Å²) in [6, 6.07) is 9.26. The van der Waals surface area contributed by atoms with Crippen molar-refractivity contribution in [2.75, 3.05) is 38.2 Å². The number of ether oxygens (including phenoxy) is 1. The zero-order chi connectivity index (χ0) is 17.9. The van der Waals surface area contributed by atoms with Crippen molar-refractivity contribution in [3.8, 4) is 0 Å². The van der Waals surface area contributed by atoms with Gasteiger partial charge < -0.3 is 14.4 Å². The molecule has 4 rings (SSSR count). The Labute approximate surface area is 169 Å². The molecular weight excluding hydrogens is 418 g/mol. The molecule has 0 spiro atoms. The molecule has 2 bridgehead atoms. The first-order valence-corrected chi connectivity index (χ1v) is 10.7. The molecule has 1 aromatic rings. The molecule has 0 aromatic heterocycles. The number of carbonyl (C=O) groups excluding carboxylic acids is 1. The minimum absolute atomic E-state index is 0. The lowest BCUT2D eigenvalue weighted by atomic mass is 9.78. The molecule has 5 nitrogen and oxygen atoms in total. The second-order valence-electron chi connectivity index (χ2n) is 7.22. The summed E-state index contributed by atoms with van der Waals surface area (Å²) in [5, 5.41) is 10.2. The molecule has 3 aliphatic rings. The van der Waals surface area contributed by atoms with Crippen LogP contribution in [0.25, 0.3) is 0 Å². The Morgan fingerprint density at radius 3 is 2.50 bits per heavy atom. The number of aliphatic hydroxyl groups excluding tert-OH is 1. The molecule has 26 heavy (non-hydrogen) atoms. The van der Waals surface area contributed by atoms with E-state index in [-0.39, 0.29) is 35.7 Å². The van der Waals surface area contributed by atoms with Gasteiger partial charge in [-0.25, -0.2) is 0 Å². The van der Waals surface area contributed by atoms with Crippen LogP contribution in [-0.2, 0) is 26.1 Å². The average molecular weight is 446 g/mol. The van der Waals surface area contributed by atoms with E-state index in [1.54, 1.807) is 6.26 Å². The highest BCUT2D eigenvalue weighted by atomic mass is 79.9. The molecule has 1 N–H and O–H groups in total. The number of halogens is 1. The molecule has 0 saturated carbocycles. The summed E-state index contributed by atoms with van der Waals surface area (Å²) >= 11 is -1.04. The van der Waals surface area contributed by atoms with Crippen molar-refractivity contribution >= 4 is 34.1 Å². The summed E-state index contributed by atoms with van der Waals surface area (Å²) in [7, 11) is 0. The first-order chi connectivity index (χ1) is 12.0. The number of rotatable bonds is 7. The summed E-state index contributed by atoms with van der Waals surface area (Å²) in [4.78, 5) is 15.5. The quantitative estimate of drug-likeness (QED) is 0.512. The minimum atomic E-state index is -1.14. The maximum absolute atomic E-state index is 13.2. The summed E-state index contributed by atoms with van der Waals surface area (Å²) in [5.41, 5.74) is -0.409. The Morgan fingerprint density at radius 1 is 1.35 bits per heavy atom. The fraction of sp³-hybridized carbons (Fsp3) is 0.632. The number of fused-ring (bicyclic) bond motifs is 3. The van der Waals surface area contributed by atoms with E-state index in [2.05, 4.69) is 4.90 Å². The third-order valence-corrected chi connectivity index (χ3v) is 6.44. The van der Waals surface area contributed by atoms with Crippen molar-refractivity contribution in [3.05, 3.63) is 35.9 Å². The van der Waals surface area contributed by atoms with Gasteiger partial charge in [0.2, 0.25) is 0 Å². The largest absolute Gasteiger partial charge is 0.617 e. The van der Waals surface area contributed by atoms with Gasteiger partial charge in [0.15, 0.2) is 0 Å². The molecule has 1 aromatic carbocycles. The normalized spacial score (nSPS) is 27.9. The molecule has 3 heterocycles. The van der Waals surface area contributed by atoms with Crippen LogP contribution in [0.15, 0.2) is 30.3 Å². The average Bonchev–Trinajstić information content (AvgIpc) is 2.64. The van der Waals surface area contributed by atoms with E-state index in [0.29, 0.717) is 18.1 Å². The van der Waals surface area contributed by atoms with Crippen LogP contribution < -0.4 is 0 Å². The molecule has 7 heteroatoms. The van der Waals surface area contributed by atoms with Crippen molar-refractivity contribution in [1.29, 1.82) is 0 Å². The van der Waals surface area contributed by atoms with Crippen molar-refractivity contribution < 1.29 is 19.2 Å². The van der Waals surface area contributed by atoms with Gasteiger partial charge in [-0.3, -0.25) is 9.69 Å². The molecule has 3 saturated heterocycles. The molecule has 3 fully saturated rings. The molecular formula is C19H28BrNO4S. The van der Waals surface area contributed by atoms with Gasteiger partial charge in [0.25, 0.3) is 0 Å². The maximum atomic E-state index is 13.2. The zero-order valence-electron chi connectivity index (χ0n) is 15.1. The van der Waals surface area contributed by atoms with Crippen molar-refractivity contribution in [2.45, 2.75) is 30.8 Å². The van der Waals surface area contributed by atoms with Gasteiger partial charge in [0, 0.05) is 13.0 Å². The molecule has 0 aliphatic carbocycles. The number of carbonyl (C=O) groups is 1. The first-order valence-electron chi connectivity index (χ1n) is 8.95. The number of nitrogens with zero attached hydrogens (tertiary/aromatic N) is 1. The Kier molecular flexibility index (Phi) is 7.97. The smallest absolute Gasteiger partial charge is 0.319 e. The van der Waals surface area contributed by atoms with Crippen LogP contribution in [0.1, 0.15) is 24.8 Å². The lowest BCUT2D eigenvalue weighted by Crippen LogP contribution is -2.54. The monoisotopic (exact) mass is 445 g/mol. The predicted octanol–water partition coefficient (Wildman–Crippen LogP) is 1.90. The highest BCUT2D eigenvalue weighted by molar-refractivity contribution is 8.93. The number of benzene rings is 1. The maximum Gasteiger partial charge on any atom is 0.319 e. The highest BCUT2D eigenvalue weighted by Gasteiger charge is 2.45. The zero-order valence-corrected chi connectivity index (χ0v) is 17.7. The fourth-order valence-electron chi connectivity index (χ4n) is 3.97. The van der Waals surface area contributed by atoms with Crippen LogP contribution in [0.2, 0.25) is 0 Å². The number of piperidine rings is 3. The van der Waals surface area contributed by atoms with Crippen LogP contribution in [0, 0.1) is 5.92 Å². The second kappa shape index (κ2) is 9.55. The van der Waals surface area contributed by atoms with Crippen LogP contribution in [0.5, 0.6) is 0 Å². The first kappa shape index (κ1) is 21.7. The summed E-state index contributed by atoms with van der Waals surface area (Å²) in [5.74, 6) is 0.386. The summed E-state index contributed by atoms with van der Waals surface area (Å²) in [6.07, 6.45) is 3.96. The highest BCUT2D eigenvalue weighted by Crippen LogP contribution is 2.34. The van der Waals surface area contributed by atoms with E-state index in [9.17, 15) is 14.5 Å². The Bertz CT molecular complexity index is 580. The lowest BCUT2D eigenvalue weighted by Gasteiger charge is -2.45. The van der Waals surface area contributed by atoms with Crippen LogP contribution >= 0.6 is 17.0 Å². The Balaban J connectivity index is 0.00000243. The van der Waals surface area contributed by atoms with Gasteiger partial charge in [0.05, 0.1) is 12.9 Å². The third-order valence-electron chi connectivity index (χ3n) is 5.66. The number of hydrogen-bond acceptors (Lipinski definition) is 5. The molecule has 0 radical (unpaired) electrons. The van der Waals surface area contributed by atoms with Crippen molar-refractivity contribution in [2.24, 2.45) is 5.92 Å². The van der Waals surface area contributed by atoms with E-state index in [1.165, 1.54) is 0 Å². The molecule has 0 unspecified atom stereocenters. The standard InChI is InChI=1S/C19H27NO4S.BrH/c1-25(23)12-9-19(14-21,16-5-3-2-4-6-16)18(22)24-17-13-20-10-7-15(17)8-11-20;/h2-6,15,17,21H,7-14H2,1H3;1H/t17-,19+,25+;/m0./s1. The van der Waals surface area contributed by atoms with E-state index in [4.69, 9.17) is 4.74 Å². The fourth-order valence-corrected chi connectivity index (χ4v) is 4.60. The van der Waals surface area contributed by atoms with Gasteiger partial charge in [-0.15, -0.1) is 17.0 Å². The number of esters is 1. The van der Waals surface area contributed by atoms with Gasteiger partial charge in [-0.1, -0.05) is 41.5 Å². The van der Waals surface area contributed by atoms with Crippen molar-refractivity contribution in [3.63, 3.8) is 0 Å². The Morgan fingerprint density at radius 2 is 2.00 bits per heavy atom. The number of aliphatic hydroxyl groups is 1. The van der Waals surface area contributed by atoms with E-state index < -0.39 is 16.6 Å². The van der Waals surface area contributed by atoms with Crippen LogP contribution in [0.4, 0.5) is 0 Å². The van der Waals surface area contributed by atoms with Gasteiger partial charge in [0.1, 0.15) is 17.3 Å². The number of hydrogen-bond donors (Lipinski definition) is 1. The van der Waals surface area contributed by atoms with E-state index in [1.807, 2.05) is 30.3 Å². The molecule has 3 atom stereocenters. The van der Waals surface area contributed by atoms with E-state index >= 15 is 0 Å². The second-order valence-corrected chi connectivity index (χ2v) is 8.77. The SMILES string of the molecule is Br.C[S@@+]([O-])CC[C@](CO)(C(=O)O[C@H]1CN2CCC1CC2)c1ccccc1. The van der Waals surface area contributed by atoms with Gasteiger partial charge in [-0.05, 0) is 37.4 Å². The predicted molar refractivity (Wildman–Crippen MR) is 108 cm³/mol. The minimum Gasteiger partial charge on any atom is -0.617 e. The molecule has 146 valence electrons. The molecule has 0 amide bonds. The topological polar surface area (TPSA) is 72.8 Å². The Hall–Kier alpha value is -0.600. The summed E-state index contributed by atoms with van der Waals surface area (Å²) < 4.78 is 17.6. The van der Waals surface area contributed by atoms with Crippen LogP contribution in [0.3, 0.4) is 0 Å².